The van der Waals surface area contributed by atoms with Gasteiger partial charge in [0.25, 0.3) is 0 Å². The molecule has 3 rings (SSSR count). The summed E-state index contributed by atoms with van der Waals surface area (Å²) < 4.78 is 21.3. The number of nitrogens with zero attached hydrogens (tertiary/aromatic N) is 2. The Balaban J connectivity index is 1.67. The molecule has 2 heterocycles. The van der Waals surface area contributed by atoms with Crippen LogP contribution < -0.4 is 10.5 Å². The van der Waals surface area contributed by atoms with E-state index >= 15 is 0 Å². The second-order valence-electron chi connectivity index (χ2n) is 6.37. The quantitative estimate of drug-likeness (QED) is 0.554. The van der Waals surface area contributed by atoms with Crippen LogP contribution in [-0.4, -0.2) is 35.1 Å². The molecule has 0 saturated carbocycles. The summed E-state index contributed by atoms with van der Waals surface area (Å²) in [5, 5.41) is 0.278. The van der Waals surface area contributed by atoms with Crippen LogP contribution in [-0.2, 0) is 27.3 Å². The highest BCUT2D eigenvalue weighted by Gasteiger charge is 2.24. The highest BCUT2D eigenvalue weighted by atomic mass is 16.6. The van der Waals surface area contributed by atoms with Crippen molar-refractivity contribution in [2.24, 2.45) is 0 Å². The van der Waals surface area contributed by atoms with Crippen LogP contribution in [0, 0.1) is 6.92 Å². The van der Waals surface area contributed by atoms with Crippen molar-refractivity contribution in [3.05, 3.63) is 47.0 Å². The van der Waals surface area contributed by atoms with Crippen LogP contribution in [0.4, 0.5) is 5.82 Å². The molecule has 0 radical (unpaired) electrons. The number of fused-ring (bicyclic) bond motifs is 1. The number of nitrogens with two attached hydrogens (primary N) is 1. The molecule has 0 unspecified atom stereocenters. The smallest absolute Gasteiger partial charge is 0.344 e. The van der Waals surface area contributed by atoms with Crippen molar-refractivity contribution in [3.8, 4) is 5.75 Å². The summed E-state index contributed by atoms with van der Waals surface area (Å²) in [7, 11) is 0. The maximum atomic E-state index is 12.2. The number of hydrogen-bond acceptors (Lipinski definition) is 9. The molecule has 0 spiro atoms. The predicted molar refractivity (Wildman–Crippen MR) is 108 cm³/mol. The number of nitrogen functional groups attached to an aromatic ring is 1. The van der Waals surface area contributed by atoms with Gasteiger partial charge in [0.05, 0.1) is 12.0 Å². The molecule has 0 aliphatic carbocycles. The lowest BCUT2D eigenvalue weighted by Crippen LogP contribution is -2.16. The zero-order valence-electron chi connectivity index (χ0n) is 17.1. The van der Waals surface area contributed by atoms with Gasteiger partial charge in [-0.2, -0.15) is 4.98 Å². The van der Waals surface area contributed by atoms with Crippen molar-refractivity contribution >= 4 is 28.9 Å². The largest absolute Gasteiger partial charge is 0.482 e. The molecule has 2 aromatic heterocycles. The Hall–Kier alpha value is -3.62. The number of ether oxygens (including phenoxy) is 3. The number of aromatic nitrogens is 2. The molecule has 0 saturated heterocycles. The topological polar surface area (TPSA) is 127 Å². The molecule has 30 heavy (non-hydrogen) atoms. The lowest BCUT2D eigenvalue weighted by Gasteiger charge is -2.10. The van der Waals surface area contributed by atoms with Crippen molar-refractivity contribution in [2.45, 2.75) is 33.8 Å². The molecule has 1 aromatic carbocycles. The third kappa shape index (κ3) is 4.51. The molecule has 0 atom stereocenters. The Kier molecular flexibility index (Phi) is 6.51. The first-order valence-electron chi connectivity index (χ1n) is 9.53. The van der Waals surface area contributed by atoms with Gasteiger partial charge in [-0.05, 0) is 31.9 Å². The molecule has 3 aromatic rings. The van der Waals surface area contributed by atoms with E-state index in [-0.39, 0.29) is 48.1 Å². The Labute approximate surface area is 173 Å². The number of aryl methyl sites for hydroxylation is 2. The van der Waals surface area contributed by atoms with Gasteiger partial charge in [0.15, 0.2) is 19.0 Å². The Morgan fingerprint density at radius 1 is 1.13 bits per heavy atom. The number of benzene rings is 1. The van der Waals surface area contributed by atoms with Crippen LogP contribution in [0.3, 0.4) is 0 Å². The highest BCUT2D eigenvalue weighted by Crippen LogP contribution is 2.29. The fraction of sp³-hybridized carbons (Fsp3) is 0.333. The van der Waals surface area contributed by atoms with Crippen molar-refractivity contribution in [1.82, 2.24) is 9.97 Å². The lowest BCUT2D eigenvalue weighted by molar-refractivity contribution is -0.147. The number of anilines is 1. The first-order chi connectivity index (χ1) is 14.4. The number of carbonyl (C=O) groups excluding carboxylic acids is 2. The van der Waals surface area contributed by atoms with Crippen LogP contribution in [0.15, 0.2) is 28.7 Å². The van der Waals surface area contributed by atoms with Gasteiger partial charge < -0.3 is 24.4 Å². The van der Waals surface area contributed by atoms with E-state index < -0.39 is 11.9 Å². The van der Waals surface area contributed by atoms with Crippen LogP contribution in [0.25, 0.3) is 11.1 Å². The molecule has 0 bridgehead atoms. The summed E-state index contributed by atoms with van der Waals surface area (Å²) in [4.78, 5) is 32.5. The summed E-state index contributed by atoms with van der Waals surface area (Å²) in [6.45, 7) is 5.06. The summed E-state index contributed by atoms with van der Waals surface area (Å²) >= 11 is 0. The maximum Gasteiger partial charge on any atom is 0.344 e. The predicted octanol–water partition coefficient (Wildman–Crippen LogP) is 2.97. The van der Waals surface area contributed by atoms with E-state index in [4.69, 9.17) is 24.4 Å². The molecule has 0 aliphatic heterocycles. The van der Waals surface area contributed by atoms with Gasteiger partial charge in [-0.25, -0.2) is 14.6 Å². The van der Waals surface area contributed by atoms with E-state index in [1.54, 1.807) is 19.9 Å². The molecule has 9 nitrogen and oxygen atoms in total. The van der Waals surface area contributed by atoms with E-state index in [0.29, 0.717) is 11.5 Å². The Morgan fingerprint density at radius 3 is 2.63 bits per heavy atom. The standard InChI is InChI=1S/C21H23N3O6/c1-4-13-8-6-7-9-14(13)28-11-16(25)29-10-15-23-19(22)18-17(21(26)27-5-2)12(3)30-20(18)24-15/h6-9H,4-5,10-11H2,1-3H3,(H2,22,23,24). The number of hydrogen-bond donors (Lipinski definition) is 1. The third-order valence-electron chi connectivity index (χ3n) is 4.34. The lowest BCUT2D eigenvalue weighted by atomic mass is 10.1. The molecule has 0 fully saturated rings. The minimum atomic E-state index is -0.578. The number of carbonyl (C=O) groups is 2. The van der Waals surface area contributed by atoms with E-state index in [1.807, 2.05) is 25.1 Å². The zero-order valence-corrected chi connectivity index (χ0v) is 17.1. The molecular weight excluding hydrogens is 390 g/mol. The van der Waals surface area contributed by atoms with E-state index in [1.165, 1.54) is 0 Å². The summed E-state index contributed by atoms with van der Waals surface area (Å²) in [6, 6.07) is 7.47. The molecule has 0 aliphatic rings. The maximum absolute atomic E-state index is 12.2. The van der Waals surface area contributed by atoms with Crippen LogP contribution >= 0.6 is 0 Å². The van der Waals surface area contributed by atoms with Gasteiger partial charge in [0.1, 0.15) is 22.9 Å². The van der Waals surface area contributed by atoms with Gasteiger partial charge in [0, 0.05) is 0 Å². The highest BCUT2D eigenvalue weighted by molar-refractivity contribution is 6.07. The summed E-state index contributed by atoms with van der Waals surface area (Å²) in [6.07, 6.45) is 0.786. The first-order valence-corrected chi connectivity index (χ1v) is 9.53. The van der Waals surface area contributed by atoms with Gasteiger partial charge in [-0.1, -0.05) is 25.1 Å². The van der Waals surface area contributed by atoms with Crippen molar-refractivity contribution < 1.29 is 28.2 Å². The molecule has 158 valence electrons. The fourth-order valence-electron chi connectivity index (χ4n) is 2.96. The van der Waals surface area contributed by atoms with E-state index in [2.05, 4.69) is 9.97 Å². The average molecular weight is 413 g/mol. The van der Waals surface area contributed by atoms with Crippen LogP contribution in [0.1, 0.15) is 41.4 Å². The summed E-state index contributed by atoms with van der Waals surface area (Å²) in [5.41, 5.74) is 7.31. The average Bonchev–Trinajstić information content (AvgIpc) is 3.07. The normalized spacial score (nSPS) is 10.8. The van der Waals surface area contributed by atoms with Crippen molar-refractivity contribution in [1.29, 1.82) is 0 Å². The minimum Gasteiger partial charge on any atom is -0.482 e. The van der Waals surface area contributed by atoms with Crippen LogP contribution in [0.2, 0.25) is 0 Å². The van der Waals surface area contributed by atoms with Crippen LogP contribution in [0.5, 0.6) is 5.75 Å². The van der Waals surface area contributed by atoms with Crippen molar-refractivity contribution in [2.75, 3.05) is 18.9 Å². The van der Waals surface area contributed by atoms with Crippen molar-refractivity contribution in [3.63, 3.8) is 0 Å². The number of para-hydroxylation sites is 1. The van der Waals surface area contributed by atoms with Gasteiger partial charge >= 0.3 is 11.9 Å². The van der Waals surface area contributed by atoms with Gasteiger partial charge in [0.2, 0.25) is 5.71 Å². The first kappa shape index (κ1) is 21.1. The van der Waals surface area contributed by atoms with E-state index in [0.717, 1.165) is 12.0 Å². The van der Waals surface area contributed by atoms with Gasteiger partial charge in [-0.15, -0.1) is 0 Å². The fourth-order valence-corrected chi connectivity index (χ4v) is 2.96. The second-order valence-corrected chi connectivity index (χ2v) is 6.37. The zero-order chi connectivity index (χ0) is 21.7. The number of rotatable bonds is 8. The molecule has 0 amide bonds. The molecule has 2 N–H and O–H groups in total. The summed E-state index contributed by atoms with van der Waals surface area (Å²) in [5.74, 6) is 0.00213. The second kappa shape index (κ2) is 9.25. The molecule has 9 heteroatoms. The number of esters is 2. The Bertz CT molecular complexity index is 1080. The minimum absolute atomic E-state index is 0.0408. The molecular formula is C21H23N3O6. The SMILES string of the molecule is CCOC(=O)c1c(C)oc2nc(COC(=O)COc3ccccc3CC)nc(N)c12. The monoisotopic (exact) mass is 413 g/mol. The van der Waals surface area contributed by atoms with E-state index in [9.17, 15) is 9.59 Å². The number of furan rings is 1. The third-order valence-corrected chi connectivity index (χ3v) is 4.34. The Morgan fingerprint density at radius 2 is 1.90 bits per heavy atom. The van der Waals surface area contributed by atoms with Gasteiger partial charge in [-0.3, -0.25) is 0 Å².